The molecule has 1 aliphatic heterocycles. The molecule has 0 saturated heterocycles. The number of fused-ring (bicyclic) bond motifs is 1. The van der Waals surface area contributed by atoms with Gasteiger partial charge in [-0.15, -0.1) is 0 Å². The summed E-state index contributed by atoms with van der Waals surface area (Å²) in [6.45, 7) is 1.20. The van der Waals surface area contributed by atoms with E-state index < -0.39 is 0 Å². The lowest BCUT2D eigenvalue weighted by Gasteiger charge is -2.27. The Labute approximate surface area is 94.2 Å². The Balaban J connectivity index is 2.29. The van der Waals surface area contributed by atoms with Gasteiger partial charge in [0.1, 0.15) is 0 Å². The molecule has 0 atom stereocenters. The number of halogens is 1. The number of alkyl halides is 1. The van der Waals surface area contributed by atoms with Crippen molar-refractivity contribution in [3.8, 4) is 0 Å². The van der Waals surface area contributed by atoms with E-state index in [1.165, 1.54) is 36.2 Å². The zero-order valence-corrected chi connectivity index (χ0v) is 10.2. The second-order valence-corrected chi connectivity index (χ2v) is 4.72. The first kappa shape index (κ1) is 10.0. The lowest BCUT2D eigenvalue weighted by Crippen LogP contribution is -2.24. The second-order valence-electron chi connectivity index (χ2n) is 3.93. The smallest absolute Gasteiger partial charge is 0.0396 e. The van der Waals surface area contributed by atoms with Gasteiger partial charge in [-0.2, -0.15) is 0 Å². The predicted molar refractivity (Wildman–Crippen MR) is 65.5 cm³/mol. The fraction of sp³-hybridized carbons (Fsp3) is 0.500. The molecule has 1 aliphatic rings. The Kier molecular flexibility index (Phi) is 3.12. The summed E-state index contributed by atoms with van der Waals surface area (Å²) in [5, 5.41) is 1.06. The van der Waals surface area contributed by atoms with Crippen LogP contribution in [0.5, 0.6) is 0 Å². The van der Waals surface area contributed by atoms with Gasteiger partial charge in [-0.05, 0) is 36.5 Å². The van der Waals surface area contributed by atoms with E-state index in [-0.39, 0.29) is 0 Å². The van der Waals surface area contributed by atoms with Gasteiger partial charge in [0.25, 0.3) is 0 Å². The van der Waals surface area contributed by atoms with Crippen molar-refractivity contribution in [2.75, 3.05) is 23.8 Å². The van der Waals surface area contributed by atoms with Gasteiger partial charge in [0.15, 0.2) is 0 Å². The number of rotatable bonds is 2. The van der Waals surface area contributed by atoms with Gasteiger partial charge in [-0.1, -0.05) is 28.1 Å². The fourth-order valence-electron chi connectivity index (χ4n) is 2.10. The lowest BCUT2D eigenvalue weighted by atomic mass is 9.99. The van der Waals surface area contributed by atoms with Crippen LogP contribution in [0.15, 0.2) is 18.2 Å². The molecule has 0 radical (unpaired) electrons. The number of nitrogens with zero attached hydrogens (tertiary/aromatic N) is 1. The summed E-state index contributed by atoms with van der Waals surface area (Å²) in [5.74, 6) is 0. The highest BCUT2D eigenvalue weighted by atomic mass is 79.9. The fourth-order valence-corrected chi connectivity index (χ4v) is 2.56. The van der Waals surface area contributed by atoms with Crippen molar-refractivity contribution >= 4 is 21.6 Å². The maximum atomic E-state index is 3.48. The molecule has 0 fully saturated rings. The minimum atomic E-state index is 1.06. The molecular weight excluding hydrogens is 238 g/mol. The molecule has 14 heavy (non-hydrogen) atoms. The van der Waals surface area contributed by atoms with Crippen molar-refractivity contribution in [1.29, 1.82) is 0 Å². The van der Waals surface area contributed by atoms with Gasteiger partial charge < -0.3 is 4.90 Å². The van der Waals surface area contributed by atoms with Crippen LogP contribution >= 0.6 is 15.9 Å². The molecule has 76 valence electrons. The maximum absolute atomic E-state index is 3.48. The molecule has 0 N–H and O–H groups in total. The number of aryl methyl sites for hydroxylation is 2. The minimum Gasteiger partial charge on any atom is -0.374 e. The average Bonchev–Trinajstić information content (AvgIpc) is 2.18. The molecule has 1 nitrogen and oxygen atoms in total. The van der Waals surface area contributed by atoms with Crippen LogP contribution < -0.4 is 4.90 Å². The molecule has 1 heterocycles. The van der Waals surface area contributed by atoms with Crippen LogP contribution in [0.3, 0.4) is 0 Å². The highest BCUT2D eigenvalue weighted by Crippen LogP contribution is 2.26. The van der Waals surface area contributed by atoms with Crippen LogP contribution in [0.4, 0.5) is 5.69 Å². The Morgan fingerprint density at radius 1 is 1.43 bits per heavy atom. The Morgan fingerprint density at radius 2 is 2.29 bits per heavy atom. The minimum absolute atomic E-state index is 1.06. The summed E-state index contributed by atoms with van der Waals surface area (Å²) in [5.41, 5.74) is 4.41. The molecule has 0 spiro atoms. The monoisotopic (exact) mass is 253 g/mol. The number of hydrogen-bond acceptors (Lipinski definition) is 1. The number of hydrogen-bond donors (Lipinski definition) is 0. The van der Waals surface area contributed by atoms with Gasteiger partial charge in [0.2, 0.25) is 0 Å². The van der Waals surface area contributed by atoms with Crippen molar-refractivity contribution in [3.05, 3.63) is 29.3 Å². The summed E-state index contributed by atoms with van der Waals surface area (Å²) in [6.07, 6.45) is 3.67. The van der Waals surface area contributed by atoms with E-state index in [0.29, 0.717) is 0 Å². The van der Waals surface area contributed by atoms with Crippen molar-refractivity contribution in [2.45, 2.75) is 19.3 Å². The SMILES string of the molecule is CN1CCCc2cc(CCBr)ccc21. The van der Waals surface area contributed by atoms with Gasteiger partial charge >= 0.3 is 0 Å². The quantitative estimate of drug-likeness (QED) is 0.733. The predicted octanol–water partition coefficient (Wildman–Crippen LogP) is 3.01. The van der Waals surface area contributed by atoms with Crippen LogP contribution in [0.25, 0.3) is 0 Å². The molecule has 1 aromatic carbocycles. The molecule has 0 unspecified atom stereocenters. The number of anilines is 1. The van der Waals surface area contributed by atoms with E-state index in [4.69, 9.17) is 0 Å². The van der Waals surface area contributed by atoms with E-state index in [1.807, 2.05) is 0 Å². The largest absolute Gasteiger partial charge is 0.374 e. The Bertz CT molecular complexity index is 322. The third-order valence-electron chi connectivity index (χ3n) is 2.88. The normalized spacial score (nSPS) is 15.4. The summed E-state index contributed by atoms with van der Waals surface area (Å²) in [6, 6.07) is 6.89. The van der Waals surface area contributed by atoms with Crippen LogP contribution in [0, 0.1) is 0 Å². The lowest BCUT2D eigenvalue weighted by molar-refractivity contribution is 0.743. The summed E-state index contributed by atoms with van der Waals surface area (Å²) < 4.78 is 0. The first-order valence-corrected chi connectivity index (χ1v) is 6.32. The zero-order valence-electron chi connectivity index (χ0n) is 8.59. The average molecular weight is 254 g/mol. The van der Waals surface area contributed by atoms with Crippen molar-refractivity contribution in [2.24, 2.45) is 0 Å². The molecule has 2 rings (SSSR count). The summed E-state index contributed by atoms with van der Waals surface area (Å²) in [7, 11) is 2.18. The van der Waals surface area contributed by atoms with E-state index in [2.05, 4.69) is 46.1 Å². The molecule has 0 bridgehead atoms. The Morgan fingerprint density at radius 3 is 3.07 bits per heavy atom. The van der Waals surface area contributed by atoms with Crippen LogP contribution in [-0.4, -0.2) is 18.9 Å². The molecule has 2 heteroatoms. The van der Waals surface area contributed by atoms with Crippen LogP contribution in [0.1, 0.15) is 17.5 Å². The van der Waals surface area contributed by atoms with Crippen molar-refractivity contribution < 1.29 is 0 Å². The van der Waals surface area contributed by atoms with E-state index in [9.17, 15) is 0 Å². The molecule has 1 aromatic rings. The molecule has 0 aliphatic carbocycles. The first-order valence-electron chi connectivity index (χ1n) is 5.20. The first-order chi connectivity index (χ1) is 6.81. The van der Waals surface area contributed by atoms with Crippen molar-refractivity contribution in [3.63, 3.8) is 0 Å². The van der Waals surface area contributed by atoms with Crippen LogP contribution in [-0.2, 0) is 12.8 Å². The van der Waals surface area contributed by atoms with Crippen molar-refractivity contribution in [1.82, 2.24) is 0 Å². The van der Waals surface area contributed by atoms with Gasteiger partial charge in [-0.3, -0.25) is 0 Å². The summed E-state index contributed by atoms with van der Waals surface area (Å²) >= 11 is 3.48. The second kappa shape index (κ2) is 4.35. The molecule has 0 aromatic heterocycles. The zero-order chi connectivity index (χ0) is 9.97. The summed E-state index contributed by atoms with van der Waals surface area (Å²) in [4.78, 5) is 2.36. The molecular formula is C12H16BrN. The van der Waals surface area contributed by atoms with Gasteiger partial charge in [0, 0.05) is 24.6 Å². The topological polar surface area (TPSA) is 3.24 Å². The third-order valence-corrected chi connectivity index (χ3v) is 3.27. The Hall–Kier alpha value is -0.500. The van der Waals surface area contributed by atoms with Gasteiger partial charge in [-0.25, -0.2) is 0 Å². The number of benzene rings is 1. The molecule has 0 amide bonds. The van der Waals surface area contributed by atoms with E-state index in [1.54, 1.807) is 0 Å². The van der Waals surface area contributed by atoms with Crippen LogP contribution in [0.2, 0.25) is 0 Å². The molecule has 0 saturated carbocycles. The van der Waals surface area contributed by atoms with E-state index in [0.717, 1.165) is 11.8 Å². The standard InChI is InChI=1S/C12H16BrN/c1-14-8-2-3-11-9-10(6-7-13)4-5-12(11)14/h4-5,9H,2-3,6-8H2,1H3. The highest BCUT2D eigenvalue weighted by molar-refractivity contribution is 9.09. The third kappa shape index (κ3) is 1.95. The highest BCUT2D eigenvalue weighted by Gasteiger charge is 2.13. The maximum Gasteiger partial charge on any atom is 0.0396 e. The van der Waals surface area contributed by atoms with Gasteiger partial charge in [0.05, 0.1) is 0 Å². The van der Waals surface area contributed by atoms with E-state index >= 15 is 0 Å².